The van der Waals surface area contributed by atoms with Crippen molar-refractivity contribution < 1.29 is 18.0 Å². The number of urea groups is 1. The number of hydrogen-bond donors (Lipinski definition) is 1. The molecule has 0 saturated carbocycles. The van der Waals surface area contributed by atoms with Gasteiger partial charge in [-0.3, -0.25) is 0 Å². The van der Waals surface area contributed by atoms with Gasteiger partial charge in [0.25, 0.3) is 0 Å². The second kappa shape index (κ2) is 7.42. The maximum atomic E-state index is 12.9. The summed E-state index contributed by atoms with van der Waals surface area (Å²) in [4.78, 5) is 19.3. The zero-order chi connectivity index (χ0) is 20.6. The highest BCUT2D eigenvalue weighted by Gasteiger charge is 2.34. The van der Waals surface area contributed by atoms with E-state index in [0.717, 1.165) is 48.4 Å². The van der Waals surface area contributed by atoms with Crippen LogP contribution in [0.5, 0.6) is 0 Å². The third-order valence-corrected chi connectivity index (χ3v) is 5.25. The lowest BCUT2D eigenvalue weighted by molar-refractivity contribution is -0.137. The molecule has 0 radical (unpaired) electrons. The Hall–Kier alpha value is -3.03. The van der Waals surface area contributed by atoms with Gasteiger partial charge in [-0.25, -0.2) is 9.78 Å². The Bertz CT molecular complexity index is 1040. The monoisotopic (exact) mass is 402 g/mol. The highest BCUT2D eigenvalue weighted by molar-refractivity contribution is 5.90. The largest absolute Gasteiger partial charge is 0.416 e. The number of rotatable bonds is 3. The van der Waals surface area contributed by atoms with Crippen LogP contribution in [0, 0.1) is 0 Å². The predicted molar refractivity (Wildman–Crippen MR) is 105 cm³/mol. The summed E-state index contributed by atoms with van der Waals surface area (Å²) in [5.74, 6) is 0.811. The molecule has 5 nitrogen and oxygen atoms in total. The normalized spacial score (nSPS) is 17.1. The first-order chi connectivity index (χ1) is 13.9. The second-order valence-electron chi connectivity index (χ2n) is 7.06. The molecule has 1 aromatic heterocycles. The predicted octanol–water partition coefficient (Wildman–Crippen LogP) is 5.44. The van der Waals surface area contributed by atoms with Gasteiger partial charge in [0.15, 0.2) is 0 Å². The van der Waals surface area contributed by atoms with Gasteiger partial charge in [0.2, 0.25) is 0 Å². The molecule has 1 atom stereocenters. The minimum Gasteiger partial charge on any atom is -0.327 e. The minimum absolute atomic E-state index is 0.125. The first kappa shape index (κ1) is 19.3. The van der Waals surface area contributed by atoms with Gasteiger partial charge >= 0.3 is 12.2 Å². The number of likely N-dealkylation sites (tertiary alicyclic amines) is 1. The van der Waals surface area contributed by atoms with Gasteiger partial charge in [-0.15, -0.1) is 0 Å². The zero-order valence-corrected chi connectivity index (χ0v) is 15.9. The molecule has 2 amide bonds. The van der Waals surface area contributed by atoms with Crippen LogP contribution in [0.3, 0.4) is 0 Å². The van der Waals surface area contributed by atoms with E-state index in [-0.39, 0.29) is 11.7 Å². The summed E-state index contributed by atoms with van der Waals surface area (Å²) >= 11 is 0. The van der Waals surface area contributed by atoms with E-state index in [9.17, 15) is 18.0 Å². The van der Waals surface area contributed by atoms with Gasteiger partial charge in [-0.2, -0.15) is 13.2 Å². The zero-order valence-electron chi connectivity index (χ0n) is 15.9. The van der Waals surface area contributed by atoms with Gasteiger partial charge in [-0.05, 0) is 50.1 Å². The third-order valence-electron chi connectivity index (χ3n) is 5.25. The quantitative estimate of drug-likeness (QED) is 0.634. The number of carbonyl (C=O) groups is 1. The highest BCUT2D eigenvalue weighted by Crippen LogP contribution is 2.35. The second-order valence-corrected chi connectivity index (χ2v) is 7.06. The molecule has 1 aliphatic heterocycles. The molecule has 3 aromatic rings. The Morgan fingerprint density at radius 3 is 2.76 bits per heavy atom. The number of benzene rings is 2. The van der Waals surface area contributed by atoms with Crippen molar-refractivity contribution in [2.24, 2.45) is 0 Å². The summed E-state index contributed by atoms with van der Waals surface area (Å²) in [6.45, 7) is 3.28. The first-order valence-corrected chi connectivity index (χ1v) is 9.58. The number of nitrogens with zero attached hydrogens (tertiary/aromatic N) is 3. The minimum atomic E-state index is -4.46. The van der Waals surface area contributed by atoms with E-state index in [1.807, 2.05) is 31.2 Å². The van der Waals surface area contributed by atoms with Crippen LogP contribution in [0.1, 0.15) is 37.2 Å². The van der Waals surface area contributed by atoms with Crippen LogP contribution in [0.2, 0.25) is 0 Å². The molecule has 0 spiro atoms. The summed E-state index contributed by atoms with van der Waals surface area (Å²) in [5, 5.41) is 2.62. The SMILES string of the molecule is CCn1c(C2CCCN2C(=O)Nc2cccc(C(F)(F)F)c2)nc2ccccc21. The fourth-order valence-corrected chi connectivity index (χ4v) is 3.93. The van der Waals surface area contributed by atoms with Crippen LogP contribution in [0.4, 0.5) is 23.7 Å². The number of anilines is 1. The number of amides is 2. The van der Waals surface area contributed by atoms with Crippen molar-refractivity contribution in [1.82, 2.24) is 14.5 Å². The summed E-state index contributed by atoms with van der Waals surface area (Å²) in [7, 11) is 0. The van der Waals surface area contributed by atoms with Crippen molar-refractivity contribution in [3.63, 3.8) is 0 Å². The Morgan fingerprint density at radius 1 is 1.21 bits per heavy atom. The lowest BCUT2D eigenvalue weighted by Gasteiger charge is -2.25. The number of para-hydroxylation sites is 2. The van der Waals surface area contributed by atoms with Gasteiger partial charge in [-0.1, -0.05) is 18.2 Å². The molecule has 2 aromatic carbocycles. The molecule has 1 fully saturated rings. The van der Waals surface area contributed by atoms with Crippen molar-refractivity contribution in [1.29, 1.82) is 0 Å². The number of halogens is 3. The fourth-order valence-electron chi connectivity index (χ4n) is 3.93. The summed E-state index contributed by atoms with van der Waals surface area (Å²) in [5.41, 5.74) is 1.21. The van der Waals surface area contributed by atoms with Crippen LogP contribution < -0.4 is 5.32 Å². The highest BCUT2D eigenvalue weighted by atomic mass is 19.4. The third kappa shape index (κ3) is 3.66. The van der Waals surface area contributed by atoms with Gasteiger partial charge in [0.1, 0.15) is 5.82 Å². The molecule has 152 valence electrons. The van der Waals surface area contributed by atoms with Crippen molar-refractivity contribution in [3.8, 4) is 0 Å². The van der Waals surface area contributed by atoms with Gasteiger partial charge < -0.3 is 14.8 Å². The van der Waals surface area contributed by atoms with Crippen molar-refractivity contribution in [2.75, 3.05) is 11.9 Å². The van der Waals surface area contributed by atoms with Crippen molar-refractivity contribution in [2.45, 2.75) is 38.5 Å². The number of imidazole rings is 1. The number of hydrogen-bond acceptors (Lipinski definition) is 2. The van der Waals surface area contributed by atoms with Crippen LogP contribution in [-0.4, -0.2) is 27.0 Å². The molecule has 29 heavy (non-hydrogen) atoms. The average Bonchev–Trinajstić information content (AvgIpc) is 3.31. The van der Waals surface area contributed by atoms with E-state index in [1.54, 1.807) is 4.90 Å². The molecule has 4 rings (SSSR count). The van der Waals surface area contributed by atoms with E-state index in [1.165, 1.54) is 12.1 Å². The number of carbonyl (C=O) groups excluding carboxylic acids is 1. The number of nitrogens with one attached hydrogen (secondary N) is 1. The molecule has 1 saturated heterocycles. The lowest BCUT2D eigenvalue weighted by Crippen LogP contribution is -2.35. The van der Waals surface area contributed by atoms with E-state index >= 15 is 0 Å². The van der Waals surface area contributed by atoms with Gasteiger partial charge in [0, 0.05) is 18.8 Å². The lowest BCUT2D eigenvalue weighted by atomic mass is 10.2. The molecule has 0 bridgehead atoms. The maximum absolute atomic E-state index is 12.9. The molecule has 0 aliphatic carbocycles. The number of alkyl halides is 3. The smallest absolute Gasteiger partial charge is 0.327 e. The van der Waals surface area contributed by atoms with E-state index in [0.29, 0.717) is 6.54 Å². The van der Waals surface area contributed by atoms with Crippen LogP contribution in [0.25, 0.3) is 11.0 Å². The topological polar surface area (TPSA) is 50.2 Å². The van der Waals surface area contributed by atoms with Crippen molar-refractivity contribution >= 4 is 22.8 Å². The van der Waals surface area contributed by atoms with E-state index < -0.39 is 17.8 Å². The standard InChI is InChI=1S/C21H21F3N4O/c1-2-27-17-10-4-3-9-16(17)26-19(27)18-11-6-12-28(18)20(29)25-15-8-5-7-14(13-15)21(22,23)24/h3-5,7-10,13,18H,2,6,11-12H2,1H3,(H,25,29). The Kier molecular flexibility index (Phi) is 4.94. The Labute approximate surface area is 166 Å². The number of aryl methyl sites for hydroxylation is 1. The fraction of sp³-hybridized carbons (Fsp3) is 0.333. The molecular weight excluding hydrogens is 381 g/mol. The summed E-state index contributed by atoms with van der Waals surface area (Å²) in [6, 6.07) is 11.9. The van der Waals surface area contributed by atoms with Crippen LogP contribution in [-0.2, 0) is 12.7 Å². The molecule has 8 heteroatoms. The Balaban J connectivity index is 1.60. The first-order valence-electron chi connectivity index (χ1n) is 9.58. The van der Waals surface area contributed by atoms with Crippen LogP contribution in [0.15, 0.2) is 48.5 Å². The number of fused-ring (bicyclic) bond motifs is 1. The maximum Gasteiger partial charge on any atom is 0.416 e. The van der Waals surface area contributed by atoms with E-state index in [4.69, 9.17) is 4.98 Å². The number of aromatic nitrogens is 2. The van der Waals surface area contributed by atoms with Crippen molar-refractivity contribution in [3.05, 3.63) is 59.9 Å². The Morgan fingerprint density at radius 2 is 2.00 bits per heavy atom. The summed E-state index contributed by atoms with van der Waals surface area (Å²) < 4.78 is 40.9. The molecule has 1 aliphatic rings. The van der Waals surface area contributed by atoms with Gasteiger partial charge in [0.05, 0.1) is 22.6 Å². The van der Waals surface area contributed by atoms with Crippen LogP contribution >= 0.6 is 0 Å². The molecule has 1 unspecified atom stereocenters. The van der Waals surface area contributed by atoms with E-state index in [2.05, 4.69) is 9.88 Å². The molecule has 1 N–H and O–H groups in total. The molecule has 2 heterocycles. The molecular formula is C21H21F3N4O. The average molecular weight is 402 g/mol. The summed E-state index contributed by atoms with van der Waals surface area (Å²) in [6.07, 6.45) is -2.88.